The standard InChI is InChI=1S/C13H14N2O3/c16-13(17)9-5-6-15(7-9)8-12-14-10-3-1-2-4-11(10)18-12/h1-4,9H,5-8H2,(H,16,17). The maximum atomic E-state index is 10.9. The fourth-order valence-corrected chi connectivity index (χ4v) is 2.36. The van der Waals surface area contributed by atoms with Crippen molar-refractivity contribution in [3.8, 4) is 0 Å². The van der Waals surface area contributed by atoms with Crippen molar-refractivity contribution >= 4 is 17.1 Å². The van der Waals surface area contributed by atoms with Crippen molar-refractivity contribution in [3.63, 3.8) is 0 Å². The molecule has 0 saturated carbocycles. The number of benzene rings is 1. The molecular weight excluding hydrogens is 232 g/mol. The number of aromatic nitrogens is 1. The zero-order valence-corrected chi connectivity index (χ0v) is 9.87. The first kappa shape index (κ1) is 11.2. The van der Waals surface area contributed by atoms with Crippen LogP contribution in [0.3, 0.4) is 0 Å². The largest absolute Gasteiger partial charge is 0.481 e. The van der Waals surface area contributed by atoms with Gasteiger partial charge in [-0.1, -0.05) is 12.1 Å². The number of carbonyl (C=O) groups is 1. The van der Waals surface area contributed by atoms with E-state index in [0.717, 1.165) is 17.6 Å². The van der Waals surface area contributed by atoms with Crippen LogP contribution >= 0.6 is 0 Å². The Kier molecular flexibility index (Phi) is 2.76. The summed E-state index contributed by atoms with van der Waals surface area (Å²) in [5.74, 6) is -0.313. The van der Waals surface area contributed by atoms with E-state index in [4.69, 9.17) is 9.52 Å². The molecule has 1 aromatic heterocycles. The number of fused-ring (bicyclic) bond motifs is 1. The molecule has 0 aliphatic carbocycles. The van der Waals surface area contributed by atoms with E-state index in [0.29, 0.717) is 25.4 Å². The topological polar surface area (TPSA) is 66.6 Å². The van der Waals surface area contributed by atoms with Crippen LogP contribution < -0.4 is 0 Å². The predicted molar refractivity (Wildman–Crippen MR) is 65.0 cm³/mol. The number of likely N-dealkylation sites (tertiary alicyclic amines) is 1. The number of carboxylic acid groups (broad SMARTS) is 1. The van der Waals surface area contributed by atoms with E-state index in [1.165, 1.54) is 0 Å². The molecule has 1 saturated heterocycles. The fraction of sp³-hybridized carbons (Fsp3) is 0.385. The molecule has 0 amide bonds. The van der Waals surface area contributed by atoms with Crippen LogP contribution in [0.2, 0.25) is 0 Å². The number of oxazole rings is 1. The van der Waals surface area contributed by atoms with E-state index in [2.05, 4.69) is 9.88 Å². The summed E-state index contributed by atoms with van der Waals surface area (Å²) < 4.78 is 5.63. The van der Waals surface area contributed by atoms with Crippen molar-refractivity contribution in [3.05, 3.63) is 30.2 Å². The van der Waals surface area contributed by atoms with Crippen LogP contribution in [0.4, 0.5) is 0 Å². The Labute approximate surface area is 104 Å². The van der Waals surface area contributed by atoms with Gasteiger partial charge >= 0.3 is 5.97 Å². The van der Waals surface area contributed by atoms with Crippen molar-refractivity contribution in [2.75, 3.05) is 13.1 Å². The van der Waals surface area contributed by atoms with Crippen molar-refractivity contribution in [2.24, 2.45) is 5.92 Å². The fourth-order valence-electron chi connectivity index (χ4n) is 2.36. The number of hydrogen-bond donors (Lipinski definition) is 1. The van der Waals surface area contributed by atoms with Crippen molar-refractivity contribution in [1.82, 2.24) is 9.88 Å². The lowest BCUT2D eigenvalue weighted by Crippen LogP contribution is -2.22. The molecule has 1 aliphatic heterocycles. The maximum absolute atomic E-state index is 10.9. The van der Waals surface area contributed by atoms with Gasteiger partial charge in [0.25, 0.3) is 0 Å². The molecule has 2 heterocycles. The molecule has 1 N–H and O–H groups in total. The monoisotopic (exact) mass is 246 g/mol. The van der Waals surface area contributed by atoms with Crippen LogP contribution in [0, 0.1) is 5.92 Å². The van der Waals surface area contributed by atoms with Gasteiger partial charge in [0.15, 0.2) is 5.58 Å². The molecule has 0 spiro atoms. The van der Waals surface area contributed by atoms with Crippen LogP contribution in [0.15, 0.2) is 28.7 Å². The lowest BCUT2D eigenvalue weighted by Gasteiger charge is -2.11. The highest BCUT2D eigenvalue weighted by atomic mass is 16.4. The molecular formula is C13H14N2O3. The second-order valence-corrected chi connectivity index (χ2v) is 4.63. The van der Waals surface area contributed by atoms with Gasteiger partial charge in [0.05, 0.1) is 12.5 Å². The van der Waals surface area contributed by atoms with Gasteiger partial charge in [0.1, 0.15) is 5.52 Å². The average Bonchev–Trinajstić information content (AvgIpc) is 2.94. The van der Waals surface area contributed by atoms with Gasteiger partial charge in [0, 0.05) is 6.54 Å². The molecule has 5 heteroatoms. The normalized spacial score (nSPS) is 20.6. The van der Waals surface area contributed by atoms with Gasteiger partial charge in [0.2, 0.25) is 5.89 Å². The molecule has 3 rings (SSSR count). The highest BCUT2D eigenvalue weighted by Crippen LogP contribution is 2.21. The Morgan fingerprint density at radius 1 is 1.50 bits per heavy atom. The van der Waals surface area contributed by atoms with E-state index in [-0.39, 0.29) is 5.92 Å². The third-order valence-electron chi connectivity index (χ3n) is 3.32. The summed E-state index contributed by atoms with van der Waals surface area (Å²) in [5, 5.41) is 8.95. The Morgan fingerprint density at radius 2 is 2.33 bits per heavy atom. The number of para-hydroxylation sites is 2. The summed E-state index contributed by atoms with van der Waals surface area (Å²) >= 11 is 0. The predicted octanol–water partition coefficient (Wildman–Crippen LogP) is 1.73. The molecule has 1 aromatic carbocycles. The van der Waals surface area contributed by atoms with Crippen molar-refractivity contribution < 1.29 is 14.3 Å². The van der Waals surface area contributed by atoms with Crippen LogP contribution in [-0.2, 0) is 11.3 Å². The minimum Gasteiger partial charge on any atom is -0.481 e. The molecule has 0 radical (unpaired) electrons. The first-order valence-corrected chi connectivity index (χ1v) is 6.02. The first-order chi connectivity index (χ1) is 8.72. The molecule has 94 valence electrons. The minimum atomic E-state index is -0.713. The van der Waals surface area contributed by atoms with Crippen LogP contribution in [0.1, 0.15) is 12.3 Å². The Morgan fingerprint density at radius 3 is 3.06 bits per heavy atom. The number of hydrogen-bond acceptors (Lipinski definition) is 4. The number of carboxylic acids is 1. The van der Waals surface area contributed by atoms with Crippen LogP contribution in [0.25, 0.3) is 11.1 Å². The smallest absolute Gasteiger partial charge is 0.307 e. The third kappa shape index (κ3) is 2.09. The molecule has 5 nitrogen and oxygen atoms in total. The van der Waals surface area contributed by atoms with Gasteiger partial charge in [-0.3, -0.25) is 9.69 Å². The summed E-state index contributed by atoms with van der Waals surface area (Å²) in [6.07, 6.45) is 0.704. The van der Waals surface area contributed by atoms with E-state index in [1.54, 1.807) is 0 Å². The van der Waals surface area contributed by atoms with Crippen LogP contribution in [-0.4, -0.2) is 34.0 Å². The summed E-state index contributed by atoms with van der Waals surface area (Å²) in [5.41, 5.74) is 1.63. The second-order valence-electron chi connectivity index (χ2n) is 4.63. The molecule has 18 heavy (non-hydrogen) atoms. The van der Waals surface area contributed by atoms with Gasteiger partial charge in [-0.2, -0.15) is 0 Å². The molecule has 1 fully saturated rings. The minimum absolute atomic E-state index is 0.255. The van der Waals surface area contributed by atoms with E-state index >= 15 is 0 Å². The van der Waals surface area contributed by atoms with E-state index in [9.17, 15) is 4.79 Å². The Hall–Kier alpha value is -1.88. The SMILES string of the molecule is O=C(O)C1CCN(Cc2nc3ccccc3o2)C1. The molecule has 2 aromatic rings. The summed E-state index contributed by atoms with van der Waals surface area (Å²) in [7, 11) is 0. The molecule has 1 unspecified atom stereocenters. The highest BCUT2D eigenvalue weighted by Gasteiger charge is 2.28. The number of rotatable bonds is 3. The zero-order valence-electron chi connectivity index (χ0n) is 9.87. The first-order valence-electron chi connectivity index (χ1n) is 6.02. The highest BCUT2D eigenvalue weighted by molar-refractivity contribution is 5.72. The average molecular weight is 246 g/mol. The van der Waals surface area contributed by atoms with Crippen LogP contribution in [0.5, 0.6) is 0 Å². The molecule has 0 bridgehead atoms. The van der Waals surface area contributed by atoms with Crippen molar-refractivity contribution in [2.45, 2.75) is 13.0 Å². The summed E-state index contributed by atoms with van der Waals surface area (Å²) in [6.45, 7) is 1.95. The van der Waals surface area contributed by atoms with E-state index < -0.39 is 5.97 Å². The molecule has 1 atom stereocenters. The summed E-state index contributed by atoms with van der Waals surface area (Å²) in [4.78, 5) is 17.3. The van der Waals surface area contributed by atoms with Gasteiger partial charge in [-0.25, -0.2) is 4.98 Å². The Balaban J connectivity index is 1.71. The Bertz CT molecular complexity index is 545. The number of nitrogens with zero attached hydrogens (tertiary/aromatic N) is 2. The summed E-state index contributed by atoms with van der Waals surface area (Å²) in [6, 6.07) is 7.63. The lowest BCUT2D eigenvalue weighted by molar-refractivity contribution is -0.141. The van der Waals surface area contributed by atoms with E-state index in [1.807, 2.05) is 24.3 Å². The van der Waals surface area contributed by atoms with Gasteiger partial charge < -0.3 is 9.52 Å². The molecule has 1 aliphatic rings. The van der Waals surface area contributed by atoms with Gasteiger partial charge in [-0.15, -0.1) is 0 Å². The zero-order chi connectivity index (χ0) is 12.5. The van der Waals surface area contributed by atoms with Crippen molar-refractivity contribution in [1.29, 1.82) is 0 Å². The second kappa shape index (κ2) is 4.42. The number of aliphatic carboxylic acids is 1. The third-order valence-corrected chi connectivity index (χ3v) is 3.32. The quantitative estimate of drug-likeness (QED) is 0.893. The maximum Gasteiger partial charge on any atom is 0.307 e. The van der Waals surface area contributed by atoms with Gasteiger partial charge in [-0.05, 0) is 25.1 Å². The lowest BCUT2D eigenvalue weighted by atomic mass is 10.1.